The van der Waals surface area contributed by atoms with Gasteiger partial charge in [0.1, 0.15) is 11.6 Å². The van der Waals surface area contributed by atoms with Gasteiger partial charge in [-0.25, -0.2) is 9.97 Å². The van der Waals surface area contributed by atoms with Crippen LogP contribution < -0.4 is 0 Å². The first-order chi connectivity index (χ1) is 10.0. The van der Waals surface area contributed by atoms with Crippen LogP contribution >= 0.6 is 0 Å². The molecule has 2 aromatic rings. The molecule has 0 saturated carbocycles. The molecule has 1 N–H and O–H groups in total. The molecule has 0 fully saturated rings. The molecule has 0 bridgehead atoms. The van der Waals surface area contributed by atoms with Crippen LogP contribution in [0.5, 0.6) is 0 Å². The Labute approximate surface area is 125 Å². The van der Waals surface area contributed by atoms with Crippen LogP contribution in [-0.2, 0) is 23.2 Å². The molecule has 0 unspecified atom stereocenters. The Balaban J connectivity index is 0.000000261. The SMILES string of the molecule is Cc1nccn1CCn1ccnc1C.O=S(=O)(O)C(F)(F)F. The molecule has 124 valence electrons. The number of nitrogens with zero attached hydrogens (tertiary/aromatic N) is 4. The van der Waals surface area contributed by atoms with Gasteiger partial charge in [-0.15, -0.1) is 0 Å². The molecule has 0 atom stereocenters. The van der Waals surface area contributed by atoms with Crippen LogP contribution in [-0.4, -0.2) is 37.6 Å². The molecule has 0 saturated heterocycles. The molecule has 0 aliphatic rings. The first kappa shape index (κ1) is 18.2. The third-order valence-electron chi connectivity index (χ3n) is 2.72. The number of halogens is 3. The zero-order valence-corrected chi connectivity index (χ0v) is 12.6. The molecule has 0 aliphatic heterocycles. The lowest BCUT2D eigenvalue weighted by molar-refractivity contribution is -0.0510. The highest BCUT2D eigenvalue weighted by Crippen LogP contribution is 2.20. The first-order valence-electron chi connectivity index (χ1n) is 6.01. The topological polar surface area (TPSA) is 90.0 Å². The molecule has 11 heteroatoms. The van der Waals surface area contributed by atoms with Crippen LogP contribution in [0.1, 0.15) is 11.6 Å². The van der Waals surface area contributed by atoms with Crippen molar-refractivity contribution in [3.05, 3.63) is 36.4 Å². The van der Waals surface area contributed by atoms with Gasteiger partial charge in [0.05, 0.1) is 0 Å². The predicted octanol–water partition coefficient (Wildman–Crippen LogP) is 1.79. The summed E-state index contributed by atoms with van der Waals surface area (Å²) in [4.78, 5) is 8.35. The zero-order valence-electron chi connectivity index (χ0n) is 11.8. The number of hydrogen-bond acceptors (Lipinski definition) is 4. The lowest BCUT2D eigenvalue weighted by Gasteiger charge is -2.07. The summed E-state index contributed by atoms with van der Waals surface area (Å²) >= 11 is 0. The average molecular weight is 340 g/mol. The molecule has 0 spiro atoms. The van der Waals surface area contributed by atoms with E-state index in [0.29, 0.717) is 0 Å². The molecule has 0 amide bonds. The van der Waals surface area contributed by atoms with Gasteiger partial charge in [0.25, 0.3) is 0 Å². The van der Waals surface area contributed by atoms with Gasteiger partial charge in [-0.1, -0.05) is 0 Å². The summed E-state index contributed by atoms with van der Waals surface area (Å²) in [5.74, 6) is 2.12. The van der Waals surface area contributed by atoms with E-state index in [0.717, 1.165) is 24.7 Å². The molecule has 0 aromatic carbocycles. The quantitative estimate of drug-likeness (QED) is 0.679. The van der Waals surface area contributed by atoms with Gasteiger partial charge in [0.15, 0.2) is 0 Å². The maximum Gasteiger partial charge on any atom is 0.522 e. The van der Waals surface area contributed by atoms with E-state index in [9.17, 15) is 13.2 Å². The van der Waals surface area contributed by atoms with Gasteiger partial charge in [-0.2, -0.15) is 21.6 Å². The van der Waals surface area contributed by atoms with Gasteiger partial charge < -0.3 is 9.13 Å². The van der Waals surface area contributed by atoms with Crippen molar-refractivity contribution < 1.29 is 26.1 Å². The minimum atomic E-state index is -5.84. The highest BCUT2D eigenvalue weighted by Gasteiger charge is 2.44. The highest BCUT2D eigenvalue weighted by atomic mass is 32.2. The number of rotatable bonds is 3. The Morgan fingerprint density at radius 1 is 1.05 bits per heavy atom. The third kappa shape index (κ3) is 5.15. The predicted molar refractivity (Wildman–Crippen MR) is 71.5 cm³/mol. The highest BCUT2D eigenvalue weighted by molar-refractivity contribution is 7.86. The molecule has 7 nitrogen and oxygen atoms in total. The van der Waals surface area contributed by atoms with Crippen LogP contribution in [0.3, 0.4) is 0 Å². The van der Waals surface area contributed by atoms with E-state index in [4.69, 9.17) is 13.0 Å². The minimum absolute atomic E-state index is 0.947. The number of imidazole rings is 2. The number of aromatic nitrogens is 4. The summed E-state index contributed by atoms with van der Waals surface area (Å²) < 4.78 is 61.8. The standard InChI is InChI=1S/C10H14N4.CHF3O3S/c1-9-11-3-5-13(9)7-8-14-6-4-12-10(14)2;2-1(3,4)8(5,6)7/h3-6H,7-8H2,1-2H3;(H,5,6,7). The monoisotopic (exact) mass is 340 g/mol. The Morgan fingerprint density at radius 2 is 1.36 bits per heavy atom. The Bertz CT molecular complexity index is 666. The number of hydrogen-bond donors (Lipinski definition) is 1. The fourth-order valence-electron chi connectivity index (χ4n) is 1.50. The third-order valence-corrected chi connectivity index (χ3v) is 3.31. The number of alkyl halides is 3. The average Bonchev–Trinajstić information content (AvgIpc) is 2.94. The largest absolute Gasteiger partial charge is 0.522 e. The lowest BCUT2D eigenvalue weighted by Crippen LogP contribution is -2.21. The van der Waals surface area contributed by atoms with Crippen molar-refractivity contribution in [3.63, 3.8) is 0 Å². The van der Waals surface area contributed by atoms with E-state index in [1.807, 2.05) is 38.6 Å². The summed E-state index contributed by atoms with van der Waals surface area (Å²) in [6.45, 7) is 5.92. The summed E-state index contributed by atoms with van der Waals surface area (Å²) in [6.07, 6.45) is 7.66. The smallest absolute Gasteiger partial charge is 0.333 e. The van der Waals surface area contributed by atoms with E-state index < -0.39 is 15.6 Å². The van der Waals surface area contributed by atoms with Crippen LogP contribution in [0, 0.1) is 13.8 Å². The van der Waals surface area contributed by atoms with Crippen LogP contribution in [0.25, 0.3) is 0 Å². The van der Waals surface area contributed by atoms with Crippen molar-refractivity contribution in [2.45, 2.75) is 32.4 Å². The van der Waals surface area contributed by atoms with Crippen molar-refractivity contribution in [3.8, 4) is 0 Å². The second-order valence-electron chi connectivity index (χ2n) is 4.26. The van der Waals surface area contributed by atoms with Gasteiger partial charge in [-0.05, 0) is 13.8 Å². The molecular weight excluding hydrogens is 325 g/mol. The van der Waals surface area contributed by atoms with Crippen molar-refractivity contribution in [2.24, 2.45) is 0 Å². The second kappa shape index (κ2) is 6.92. The fraction of sp³-hybridized carbons (Fsp3) is 0.455. The normalized spacial score (nSPS) is 11.9. The Hall–Kier alpha value is -1.88. The fourth-order valence-corrected chi connectivity index (χ4v) is 1.50. The second-order valence-corrected chi connectivity index (χ2v) is 5.67. The Morgan fingerprint density at radius 3 is 1.55 bits per heavy atom. The summed E-state index contributed by atoms with van der Waals surface area (Å²) in [6, 6.07) is 0. The maximum atomic E-state index is 10.7. The first-order valence-corrected chi connectivity index (χ1v) is 7.45. The van der Waals surface area contributed by atoms with E-state index in [2.05, 4.69) is 19.1 Å². The van der Waals surface area contributed by atoms with Gasteiger partial charge in [0, 0.05) is 37.9 Å². The molecule has 2 rings (SSSR count). The summed E-state index contributed by atoms with van der Waals surface area (Å²) in [5.41, 5.74) is -5.53. The Kier molecular flexibility index (Phi) is 5.72. The van der Waals surface area contributed by atoms with Crippen molar-refractivity contribution in [1.29, 1.82) is 0 Å². The molecule has 2 heterocycles. The van der Waals surface area contributed by atoms with Crippen molar-refractivity contribution >= 4 is 10.1 Å². The zero-order chi connectivity index (χ0) is 17.0. The molecular formula is C11H15F3N4O3S. The minimum Gasteiger partial charge on any atom is -0.333 e. The molecule has 22 heavy (non-hydrogen) atoms. The van der Waals surface area contributed by atoms with E-state index in [-0.39, 0.29) is 0 Å². The molecule has 2 aromatic heterocycles. The maximum absolute atomic E-state index is 10.7. The number of aryl methyl sites for hydroxylation is 4. The molecule has 0 aliphatic carbocycles. The van der Waals surface area contributed by atoms with E-state index in [1.165, 1.54) is 0 Å². The van der Waals surface area contributed by atoms with Crippen LogP contribution in [0.15, 0.2) is 24.8 Å². The summed E-state index contributed by atoms with van der Waals surface area (Å²) in [5, 5.41) is 0. The van der Waals surface area contributed by atoms with Gasteiger partial charge in [0.2, 0.25) is 0 Å². The lowest BCUT2D eigenvalue weighted by atomic mass is 10.5. The summed E-state index contributed by atoms with van der Waals surface area (Å²) in [7, 11) is -5.84. The van der Waals surface area contributed by atoms with Gasteiger partial charge >= 0.3 is 15.6 Å². The van der Waals surface area contributed by atoms with Crippen molar-refractivity contribution in [1.82, 2.24) is 19.1 Å². The van der Waals surface area contributed by atoms with Crippen LogP contribution in [0.4, 0.5) is 13.2 Å². The van der Waals surface area contributed by atoms with Gasteiger partial charge in [-0.3, -0.25) is 4.55 Å². The molecule has 0 radical (unpaired) electrons. The van der Waals surface area contributed by atoms with E-state index >= 15 is 0 Å². The van der Waals surface area contributed by atoms with E-state index in [1.54, 1.807) is 0 Å². The van der Waals surface area contributed by atoms with Crippen LogP contribution in [0.2, 0.25) is 0 Å². The van der Waals surface area contributed by atoms with Crippen molar-refractivity contribution in [2.75, 3.05) is 0 Å².